The van der Waals surface area contributed by atoms with Crippen molar-refractivity contribution < 1.29 is 32.7 Å². The standard InChI is InChI=1S/C36H36N3O8PS/c1-25-23-39(35(41)37-34(25)40)33-22-31(47-48(42,49)38-20-8-5-9-21-38)32(46-33)24-45-36(26-10-6-4-7-11-26,27-12-16-29(43-2)17-13-27)28-14-18-30(44-3)19-15-28/h4-21,23,31-33H,22,24H2,1-3H3,(H-,37,40,41,42,49)/p+1/t31-,32+,33+,48?/m0/s1. The second-order valence-electron chi connectivity index (χ2n) is 11.5. The number of H-pyrrole nitrogens is 1. The second-order valence-corrected chi connectivity index (χ2v) is 14.6. The molecule has 3 heterocycles. The fourth-order valence-electron chi connectivity index (χ4n) is 6.00. The number of rotatable bonds is 12. The third kappa shape index (κ3) is 7.16. The van der Waals surface area contributed by atoms with Crippen molar-refractivity contribution in [3.8, 4) is 11.5 Å². The number of aromatic nitrogens is 3. The Morgan fingerprint density at radius 3 is 2.02 bits per heavy atom. The molecule has 0 saturated carbocycles. The lowest BCUT2D eigenvalue weighted by Gasteiger charge is -2.37. The van der Waals surface area contributed by atoms with E-state index in [1.54, 1.807) is 45.7 Å². The molecule has 0 radical (unpaired) electrons. The first-order valence-electron chi connectivity index (χ1n) is 15.6. The highest BCUT2D eigenvalue weighted by atomic mass is 32.5. The van der Waals surface area contributed by atoms with Crippen LogP contribution in [0.5, 0.6) is 11.5 Å². The van der Waals surface area contributed by atoms with Gasteiger partial charge in [-0.2, -0.15) is 0 Å². The van der Waals surface area contributed by atoms with Gasteiger partial charge in [0.15, 0.2) is 12.4 Å². The Bertz CT molecular complexity index is 1990. The average Bonchev–Trinajstić information content (AvgIpc) is 3.52. The molecule has 1 aliphatic rings. The molecule has 1 aliphatic heterocycles. The van der Waals surface area contributed by atoms with Crippen LogP contribution in [0.25, 0.3) is 0 Å². The lowest BCUT2D eigenvalue weighted by Crippen LogP contribution is -2.40. The molecule has 254 valence electrons. The zero-order valence-corrected chi connectivity index (χ0v) is 28.9. The van der Waals surface area contributed by atoms with Gasteiger partial charge in [0.1, 0.15) is 35.5 Å². The van der Waals surface area contributed by atoms with Gasteiger partial charge in [-0.15, -0.1) is 4.34 Å². The van der Waals surface area contributed by atoms with Crippen LogP contribution < -0.4 is 25.1 Å². The van der Waals surface area contributed by atoms with E-state index in [2.05, 4.69) is 4.98 Å². The Morgan fingerprint density at radius 1 is 0.898 bits per heavy atom. The van der Waals surface area contributed by atoms with Crippen LogP contribution in [0.2, 0.25) is 0 Å². The molecule has 0 amide bonds. The maximum atomic E-state index is 12.9. The molecular weight excluding hydrogens is 665 g/mol. The van der Waals surface area contributed by atoms with Gasteiger partial charge in [-0.1, -0.05) is 60.7 Å². The molecule has 11 nitrogen and oxygen atoms in total. The van der Waals surface area contributed by atoms with Gasteiger partial charge in [0, 0.05) is 42.1 Å². The minimum absolute atomic E-state index is 0.0417. The van der Waals surface area contributed by atoms with Crippen LogP contribution in [0.15, 0.2) is 125 Å². The summed E-state index contributed by atoms with van der Waals surface area (Å²) in [7, 11) is 3.22. The Hall–Kier alpha value is -4.42. The minimum Gasteiger partial charge on any atom is -0.497 e. The number of pyridine rings is 1. The summed E-state index contributed by atoms with van der Waals surface area (Å²) in [5.41, 5.74) is 0.547. The van der Waals surface area contributed by atoms with Gasteiger partial charge in [0.25, 0.3) is 5.56 Å². The highest BCUT2D eigenvalue weighted by Crippen LogP contribution is 2.46. The molecule has 6 rings (SSSR count). The molecule has 49 heavy (non-hydrogen) atoms. The zero-order valence-electron chi connectivity index (χ0n) is 27.2. The van der Waals surface area contributed by atoms with Crippen molar-refractivity contribution >= 4 is 18.4 Å². The van der Waals surface area contributed by atoms with Gasteiger partial charge < -0.3 is 18.9 Å². The predicted molar refractivity (Wildman–Crippen MR) is 186 cm³/mol. The maximum absolute atomic E-state index is 12.9. The molecule has 0 bridgehead atoms. The number of methoxy groups -OCH3 is 2. The molecule has 0 spiro atoms. The normalized spacial score (nSPS) is 18.9. The Labute approximate surface area is 288 Å². The predicted octanol–water partition coefficient (Wildman–Crippen LogP) is 4.60. The molecule has 0 aliphatic carbocycles. The third-order valence-corrected chi connectivity index (χ3v) is 10.8. The first-order chi connectivity index (χ1) is 23.6. The fraction of sp³-hybridized carbons (Fsp3) is 0.250. The third-order valence-electron chi connectivity index (χ3n) is 8.54. The van der Waals surface area contributed by atoms with Crippen molar-refractivity contribution in [3.05, 3.63) is 159 Å². The van der Waals surface area contributed by atoms with Crippen molar-refractivity contribution in [3.63, 3.8) is 0 Å². The molecule has 2 N–H and O–H groups in total. The monoisotopic (exact) mass is 702 g/mol. The molecule has 1 saturated heterocycles. The van der Waals surface area contributed by atoms with E-state index in [4.69, 9.17) is 35.3 Å². The maximum Gasteiger partial charge on any atom is 0.462 e. The van der Waals surface area contributed by atoms with Crippen LogP contribution in [-0.2, 0) is 31.4 Å². The van der Waals surface area contributed by atoms with Gasteiger partial charge in [0.05, 0.1) is 20.8 Å². The van der Waals surface area contributed by atoms with Crippen molar-refractivity contribution in [2.75, 3.05) is 20.8 Å². The van der Waals surface area contributed by atoms with E-state index >= 15 is 0 Å². The van der Waals surface area contributed by atoms with E-state index < -0.39 is 41.9 Å². The SMILES string of the molecule is COc1ccc(C(OC[C@H]2O[C@@H](n3cc(C)c(=O)[nH]c3=O)C[C@@H]2OP(O)(=S)[n+]2ccccc2)(c2ccccc2)c2ccc(OC)cc2)cc1. The van der Waals surface area contributed by atoms with Crippen molar-refractivity contribution in [1.29, 1.82) is 0 Å². The van der Waals surface area contributed by atoms with Crippen LogP contribution >= 0.6 is 6.64 Å². The molecule has 13 heteroatoms. The van der Waals surface area contributed by atoms with E-state index in [9.17, 15) is 14.5 Å². The smallest absolute Gasteiger partial charge is 0.462 e. The Balaban J connectivity index is 1.43. The van der Waals surface area contributed by atoms with Crippen molar-refractivity contribution in [2.45, 2.75) is 37.4 Å². The van der Waals surface area contributed by atoms with Crippen LogP contribution in [0.1, 0.15) is 34.9 Å². The van der Waals surface area contributed by atoms with Gasteiger partial charge >= 0.3 is 12.3 Å². The first-order valence-corrected chi connectivity index (χ1v) is 18.2. The number of hydrogen-bond donors (Lipinski definition) is 2. The number of nitrogens with one attached hydrogen (secondary N) is 1. The summed E-state index contributed by atoms with van der Waals surface area (Å²) in [5.74, 6) is 1.37. The van der Waals surface area contributed by atoms with Gasteiger partial charge in [-0.3, -0.25) is 23.8 Å². The number of aryl methyl sites for hydroxylation is 1. The largest absolute Gasteiger partial charge is 0.497 e. The van der Waals surface area contributed by atoms with Crippen molar-refractivity contribution in [2.24, 2.45) is 0 Å². The lowest BCUT2D eigenvalue weighted by atomic mass is 9.80. The van der Waals surface area contributed by atoms with E-state index in [-0.39, 0.29) is 13.0 Å². The molecule has 5 aromatic rings. The van der Waals surface area contributed by atoms with Gasteiger partial charge in [-0.05, 0) is 47.9 Å². The lowest BCUT2D eigenvalue weighted by molar-refractivity contribution is -0.532. The minimum atomic E-state index is -3.59. The van der Waals surface area contributed by atoms with Crippen LogP contribution in [-0.4, -0.2) is 47.5 Å². The summed E-state index contributed by atoms with van der Waals surface area (Å²) in [6.07, 6.45) is 2.44. The summed E-state index contributed by atoms with van der Waals surface area (Å²) in [6.45, 7) is -2.03. The number of hydrogen-bond acceptors (Lipinski definition) is 8. The second kappa shape index (κ2) is 14.6. The van der Waals surface area contributed by atoms with E-state index in [1.807, 2.05) is 84.9 Å². The zero-order chi connectivity index (χ0) is 34.6. The summed E-state index contributed by atoms with van der Waals surface area (Å²) >= 11 is 5.62. The molecular formula is C36H37N3O8PS+. The summed E-state index contributed by atoms with van der Waals surface area (Å²) in [6, 6.07) is 30.4. The molecule has 1 fully saturated rings. The van der Waals surface area contributed by atoms with Gasteiger partial charge in [0.2, 0.25) is 0 Å². The number of benzene rings is 3. The Morgan fingerprint density at radius 2 is 1.45 bits per heavy atom. The number of aromatic amines is 1. The van der Waals surface area contributed by atoms with Crippen molar-refractivity contribution in [1.82, 2.24) is 9.55 Å². The quantitative estimate of drug-likeness (QED) is 0.142. The van der Waals surface area contributed by atoms with Crippen LogP contribution in [0, 0.1) is 6.92 Å². The highest BCUT2D eigenvalue weighted by Gasteiger charge is 2.46. The van der Waals surface area contributed by atoms with E-state index in [0.717, 1.165) is 16.7 Å². The Kier molecular flexibility index (Phi) is 10.3. The molecule has 1 unspecified atom stereocenters. The first kappa shape index (κ1) is 34.4. The van der Waals surface area contributed by atoms with Crippen LogP contribution in [0.3, 0.4) is 0 Å². The van der Waals surface area contributed by atoms with Crippen LogP contribution in [0.4, 0.5) is 0 Å². The van der Waals surface area contributed by atoms with E-state index in [0.29, 0.717) is 17.1 Å². The topological polar surface area (TPSA) is 125 Å². The molecule has 2 aromatic heterocycles. The highest BCUT2D eigenvalue weighted by molar-refractivity contribution is 8.06. The number of nitrogens with zero attached hydrogens (tertiary/aromatic N) is 2. The number of ether oxygens (including phenoxy) is 4. The van der Waals surface area contributed by atoms with Gasteiger partial charge in [-0.25, -0.2) is 4.79 Å². The summed E-state index contributed by atoms with van der Waals surface area (Å²) < 4.78 is 33.6. The average molecular weight is 703 g/mol. The fourth-order valence-corrected chi connectivity index (χ4v) is 7.84. The van der Waals surface area contributed by atoms with E-state index in [1.165, 1.54) is 15.1 Å². The summed E-state index contributed by atoms with van der Waals surface area (Å²) in [4.78, 5) is 38.9. The molecule has 3 aromatic carbocycles. The summed E-state index contributed by atoms with van der Waals surface area (Å²) in [5, 5.41) is 0. The molecule has 4 atom stereocenters.